The molecule has 1 unspecified atom stereocenters. The minimum absolute atomic E-state index is 0.125. The summed E-state index contributed by atoms with van der Waals surface area (Å²) < 4.78 is 27.6. The standard InChI is InChI=1S/C14H22ClN3O2S/c1-10-12(9-15)14(17-16-10)21(19,20)18-8-4-7-13(18)11-5-2-3-6-11/h11,13H,2-9H2,1H3,(H,16,17). The Morgan fingerprint density at radius 1 is 1.29 bits per heavy atom. The minimum atomic E-state index is -3.54. The van der Waals surface area contributed by atoms with E-state index in [0.717, 1.165) is 31.4 Å². The third kappa shape index (κ3) is 2.62. The van der Waals surface area contributed by atoms with Gasteiger partial charge in [0.15, 0.2) is 5.03 Å². The molecule has 1 aliphatic carbocycles. The van der Waals surface area contributed by atoms with Crippen LogP contribution in [-0.4, -0.2) is 35.5 Å². The normalized spacial score (nSPS) is 25.0. The Morgan fingerprint density at radius 2 is 2.00 bits per heavy atom. The van der Waals surface area contributed by atoms with Crippen LogP contribution in [0.3, 0.4) is 0 Å². The molecule has 2 fully saturated rings. The van der Waals surface area contributed by atoms with Gasteiger partial charge in [-0.15, -0.1) is 11.6 Å². The lowest BCUT2D eigenvalue weighted by molar-refractivity contribution is 0.287. The Balaban J connectivity index is 1.93. The fraction of sp³-hybridized carbons (Fsp3) is 0.786. The van der Waals surface area contributed by atoms with Gasteiger partial charge in [0.2, 0.25) is 0 Å². The van der Waals surface area contributed by atoms with Crippen molar-refractivity contribution in [1.29, 1.82) is 0 Å². The highest BCUT2D eigenvalue weighted by Crippen LogP contribution is 2.38. The first-order chi connectivity index (χ1) is 10.1. The molecule has 118 valence electrons. The quantitative estimate of drug-likeness (QED) is 0.863. The summed E-state index contributed by atoms with van der Waals surface area (Å²) in [4.78, 5) is 0. The van der Waals surface area contributed by atoms with E-state index >= 15 is 0 Å². The number of halogens is 1. The lowest BCUT2D eigenvalue weighted by atomic mass is 9.97. The molecule has 2 aliphatic rings. The van der Waals surface area contributed by atoms with E-state index in [2.05, 4.69) is 10.2 Å². The first-order valence-electron chi connectivity index (χ1n) is 7.67. The minimum Gasteiger partial charge on any atom is -0.281 e. The van der Waals surface area contributed by atoms with E-state index in [9.17, 15) is 8.42 Å². The monoisotopic (exact) mass is 331 g/mol. The second kappa shape index (κ2) is 5.89. The Kier molecular flexibility index (Phi) is 4.30. The maximum atomic E-state index is 13.0. The summed E-state index contributed by atoms with van der Waals surface area (Å²) >= 11 is 5.91. The molecule has 3 rings (SSSR count). The Morgan fingerprint density at radius 3 is 2.67 bits per heavy atom. The smallest absolute Gasteiger partial charge is 0.262 e. The number of H-pyrrole nitrogens is 1. The first kappa shape index (κ1) is 15.3. The number of aryl methyl sites for hydroxylation is 1. The molecule has 0 spiro atoms. The number of sulfonamides is 1. The summed E-state index contributed by atoms with van der Waals surface area (Å²) in [6.45, 7) is 2.42. The second-order valence-electron chi connectivity index (χ2n) is 6.14. The average Bonchev–Trinajstić information content (AvgIpc) is 3.18. The molecule has 1 saturated heterocycles. The van der Waals surface area contributed by atoms with Gasteiger partial charge >= 0.3 is 0 Å². The fourth-order valence-corrected chi connectivity index (χ4v) is 6.12. The molecule has 5 nitrogen and oxygen atoms in total. The predicted octanol–water partition coefficient (Wildman–Crippen LogP) is 2.80. The van der Waals surface area contributed by atoms with Gasteiger partial charge in [-0.1, -0.05) is 12.8 Å². The summed E-state index contributed by atoms with van der Waals surface area (Å²) in [7, 11) is -3.54. The van der Waals surface area contributed by atoms with Gasteiger partial charge in [0.1, 0.15) is 0 Å². The highest BCUT2D eigenvalue weighted by atomic mass is 35.5. The van der Waals surface area contributed by atoms with E-state index in [1.165, 1.54) is 12.8 Å². The third-order valence-electron chi connectivity index (χ3n) is 4.91. The average molecular weight is 332 g/mol. The van der Waals surface area contributed by atoms with E-state index in [1.807, 2.05) is 6.92 Å². The molecule has 1 aliphatic heterocycles. The highest BCUT2D eigenvalue weighted by Gasteiger charge is 2.42. The van der Waals surface area contributed by atoms with Gasteiger partial charge in [-0.25, -0.2) is 8.42 Å². The zero-order valence-corrected chi connectivity index (χ0v) is 13.9. The van der Waals surface area contributed by atoms with E-state index in [0.29, 0.717) is 18.0 Å². The maximum absolute atomic E-state index is 13.0. The number of hydrogen-bond donors (Lipinski definition) is 1. The van der Waals surface area contributed by atoms with Crippen molar-refractivity contribution >= 4 is 21.6 Å². The van der Waals surface area contributed by atoms with E-state index < -0.39 is 10.0 Å². The maximum Gasteiger partial charge on any atom is 0.262 e. The zero-order valence-electron chi connectivity index (χ0n) is 12.3. The molecule has 1 atom stereocenters. The van der Waals surface area contributed by atoms with Crippen LogP contribution >= 0.6 is 11.6 Å². The first-order valence-corrected chi connectivity index (χ1v) is 9.65. The van der Waals surface area contributed by atoms with E-state index in [1.54, 1.807) is 4.31 Å². The third-order valence-corrected chi connectivity index (χ3v) is 7.08. The molecule has 0 radical (unpaired) electrons. The van der Waals surface area contributed by atoms with Crippen LogP contribution in [0.2, 0.25) is 0 Å². The summed E-state index contributed by atoms with van der Waals surface area (Å²) in [5, 5.41) is 6.91. The van der Waals surface area contributed by atoms with Gasteiger partial charge in [0.25, 0.3) is 10.0 Å². The van der Waals surface area contributed by atoms with Crippen molar-refractivity contribution in [3.05, 3.63) is 11.3 Å². The van der Waals surface area contributed by atoms with Crippen LogP contribution in [-0.2, 0) is 15.9 Å². The van der Waals surface area contributed by atoms with Crippen LogP contribution in [0.4, 0.5) is 0 Å². The number of nitrogens with one attached hydrogen (secondary N) is 1. The predicted molar refractivity (Wildman–Crippen MR) is 81.8 cm³/mol. The number of nitrogens with zero attached hydrogens (tertiary/aromatic N) is 2. The molecule has 21 heavy (non-hydrogen) atoms. The summed E-state index contributed by atoms with van der Waals surface area (Å²) in [6.07, 6.45) is 6.67. The second-order valence-corrected chi connectivity index (χ2v) is 8.21. The number of rotatable bonds is 4. The van der Waals surface area contributed by atoms with Crippen LogP contribution in [0.15, 0.2) is 5.03 Å². The van der Waals surface area contributed by atoms with Gasteiger partial charge in [-0.05, 0) is 38.5 Å². The topological polar surface area (TPSA) is 66.1 Å². The lowest BCUT2D eigenvalue weighted by Crippen LogP contribution is -2.39. The summed E-state index contributed by atoms with van der Waals surface area (Å²) in [6, 6.07) is 0.151. The molecule has 1 aromatic rings. The Hall–Kier alpha value is -0.590. The molecule has 1 N–H and O–H groups in total. The van der Waals surface area contributed by atoms with Crippen molar-refractivity contribution in [1.82, 2.24) is 14.5 Å². The molecule has 7 heteroatoms. The molecule has 0 bridgehead atoms. The van der Waals surface area contributed by atoms with Gasteiger partial charge in [-0.2, -0.15) is 9.40 Å². The van der Waals surface area contributed by atoms with Crippen LogP contribution < -0.4 is 0 Å². The molecule has 2 heterocycles. The molecule has 0 aromatic carbocycles. The van der Waals surface area contributed by atoms with Gasteiger partial charge in [0, 0.05) is 23.8 Å². The van der Waals surface area contributed by atoms with E-state index in [-0.39, 0.29) is 16.9 Å². The number of aromatic nitrogens is 2. The fourth-order valence-electron chi connectivity index (χ4n) is 3.79. The zero-order chi connectivity index (χ0) is 15.0. The van der Waals surface area contributed by atoms with Crippen LogP contribution in [0.25, 0.3) is 0 Å². The summed E-state index contributed by atoms with van der Waals surface area (Å²) in [5.41, 5.74) is 1.34. The Labute approximate surface area is 131 Å². The molecule has 0 amide bonds. The highest BCUT2D eigenvalue weighted by molar-refractivity contribution is 7.89. The van der Waals surface area contributed by atoms with Crippen LogP contribution in [0, 0.1) is 12.8 Å². The van der Waals surface area contributed by atoms with Gasteiger partial charge in [0.05, 0.1) is 5.88 Å². The van der Waals surface area contributed by atoms with Crippen LogP contribution in [0.1, 0.15) is 49.8 Å². The van der Waals surface area contributed by atoms with Crippen molar-refractivity contribution in [2.45, 2.75) is 62.4 Å². The lowest BCUT2D eigenvalue weighted by Gasteiger charge is -2.28. The number of alkyl halides is 1. The summed E-state index contributed by atoms with van der Waals surface area (Å²) in [5.74, 6) is 0.681. The molecule has 1 saturated carbocycles. The van der Waals surface area contributed by atoms with Crippen molar-refractivity contribution in [3.8, 4) is 0 Å². The van der Waals surface area contributed by atoms with Crippen molar-refractivity contribution in [2.24, 2.45) is 5.92 Å². The molecule has 1 aromatic heterocycles. The van der Waals surface area contributed by atoms with E-state index in [4.69, 9.17) is 11.6 Å². The number of hydrogen-bond acceptors (Lipinski definition) is 3. The SMILES string of the molecule is Cc1[nH]nc(S(=O)(=O)N2CCCC2C2CCCC2)c1CCl. The van der Waals surface area contributed by atoms with Crippen LogP contribution in [0.5, 0.6) is 0 Å². The molecular weight excluding hydrogens is 310 g/mol. The van der Waals surface area contributed by atoms with Crippen molar-refractivity contribution in [2.75, 3.05) is 6.54 Å². The number of aromatic amines is 1. The van der Waals surface area contributed by atoms with Crippen molar-refractivity contribution in [3.63, 3.8) is 0 Å². The largest absolute Gasteiger partial charge is 0.281 e. The molecular formula is C14H22ClN3O2S. The van der Waals surface area contributed by atoms with Gasteiger partial charge < -0.3 is 0 Å². The van der Waals surface area contributed by atoms with Crippen molar-refractivity contribution < 1.29 is 8.42 Å². The Bertz CT molecular complexity index is 608. The van der Waals surface area contributed by atoms with Gasteiger partial charge in [-0.3, -0.25) is 5.10 Å².